The lowest BCUT2D eigenvalue weighted by atomic mass is 10.6. The van der Waals surface area contributed by atoms with Crippen molar-refractivity contribution >= 4 is 27.7 Å². The first-order valence-corrected chi connectivity index (χ1v) is 5.38. The van der Waals surface area contributed by atoms with E-state index in [4.69, 9.17) is 10.2 Å². The number of nitrogens with one attached hydrogen (secondary N) is 1. The molecular weight excluding hydrogens is 274 g/mol. The lowest BCUT2D eigenvalue weighted by Gasteiger charge is -2.03. The fourth-order valence-electron chi connectivity index (χ4n) is 1.15. The summed E-state index contributed by atoms with van der Waals surface area (Å²) in [5.41, 5.74) is 5.57. The first-order valence-electron chi connectivity index (χ1n) is 4.59. The number of anilines is 2. The smallest absolute Gasteiger partial charge is 0.226 e. The van der Waals surface area contributed by atoms with E-state index in [2.05, 4.69) is 36.2 Å². The van der Waals surface area contributed by atoms with Crippen LogP contribution in [-0.4, -0.2) is 15.0 Å². The predicted molar refractivity (Wildman–Crippen MR) is 62.7 cm³/mol. The summed E-state index contributed by atoms with van der Waals surface area (Å²) in [6.45, 7) is 2.26. The van der Waals surface area contributed by atoms with E-state index < -0.39 is 0 Å². The van der Waals surface area contributed by atoms with Crippen molar-refractivity contribution < 1.29 is 4.42 Å². The van der Waals surface area contributed by atoms with E-state index in [-0.39, 0.29) is 0 Å². The third-order valence-corrected chi connectivity index (χ3v) is 2.19. The van der Waals surface area contributed by atoms with Crippen LogP contribution in [0.5, 0.6) is 0 Å². The summed E-state index contributed by atoms with van der Waals surface area (Å²) in [6.07, 6.45) is 1.66. The number of hydrogen-bond acceptors (Lipinski definition) is 6. The first-order chi connectivity index (χ1) is 7.63. The Hall–Kier alpha value is -1.63. The Morgan fingerprint density at radius 2 is 2.31 bits per heavy atom. The van der Waals surface area contributed by atoms with Crippen LogP contribution in [-0.2, 0) is 6.54 Å². The van der Waals surface area contributed by atoms with E-state index in [1.165, 1.54) is 0 Å². The normalized spacial score (nSPS) is 10.4. The van der Waals surface area contributed by atoms with E-state index in [9.17, 15) is 0 Å². The largest absolute Gasteiger partial charge is 0.444 e. The molecule has 0 atom stereocenters. The van der Waals surface area contributed by atoms with Crippen molar-refractivity contribution in [3.8, 4) is 0 Å². The number of aryl methyl sites for hydroxylation is 1. The van der Waals surface area contributed by atoms with Crippen LogP contribution in [0.25, 0.3) is 0 Å². The minimum atomic E-state index is 0.396. The topological polar surface area (TPSA) is 89.9 Å². The van der Waals surface area contributed by atoms with E-state index in [0.717, 1.165) is 5.76 Å². The molecule has 0 unspecified atom stereocenters. The second-order valence-corrected chi connectivity index (χ2v) is 3.97. The Balaban J connectivity index is 2.04. The lowest BCUT2D eigenvalue weighted by Crippen LogP contribution is -2.05. The van der Waals surface area contributed by atoms with E-state index in [1.54, 1.807) is 12.3 Å². The Bertz CT molecular complexity index is 478. The van der Waals surface area contributed by atoms with Gasteiger partial charge in [0.25, 0.3) is 0 Å². The average Bonchev–Trinajstić information content (AvgIpc) is 2.60. The maximum absolute atomic E-state index is 5.57. The number of nitrogens with zero attached hydrogens (tertiary/aromatic N) is 3. The van der Waals surface area contributed by atoms with Crippen molar-refractivity contribution in [1.29, 1.82) is 0 Å². The molecule has 7 heteroatoms. The van der Waals surface area contributed by atoms with Gasteiger partial charge in [-0.15, -0.1) is 0 Å². The molecule has 0 saturated heterocycles. The molecule has 0 saturated carbocycles. The second-order valence-electron chi connectivity index (χ2n) is 3.16. The molecule has 0 aliphatic heterocycles. The maximum Gasteiger partial charge on any atom is 0.226 e. The Kier molecular flexibility index (Phi) is 3.04. The summed E-state index contributed by atoms with van der Waals surface area (Å²) in [5, 5.41) is 2.97. The minimum absolute atomic E-state index is 0.396. The number of oxazole rings is 1. The molecule has 84 valence electrons. The van der Waals surface area contributed by atoms with Crippen molar-refractivity contribution in [1.82, 2.24) is 15.0 Å². The number of rotatable bonds is 3. The molecule has 0 aliphatic carbocycles. The van der Waals surface area contributed by atoms with Gasteiger partial charge in [-0.2, -0.15) is 4.98 Å². The SMILES string of the molecule is Cc1cnc(CNc2nc(N)cc(Br)n2)o1. The van der Waals surface area contributed by atoms with Crippen molar-refractivity contribution in [3.05, 3.63) is 28.5 Å². The monoisotopic (exact) mass is 283 g/mol. The highest BCUT2D eigenvalue weighted by molar-refractivity contribution is 9.10. The number of nitrogen functional groups attached to an aromatic ring is 1. The third-order valence-electron chi connectivity index (χ3n) is 1.78. The molecule has 0 bridgehead atoms. The van der Waals surface area contributed by atoms with Crippen LogP contribution in [0.2, 0.25) is 0 Å². The molecule has 16 heavy (non-hydrogen) atoms. The summed E-state index contributed by atoms with van der Waals surface area (Å²) < 4.78 is 5.92. The van der Waals surface area contributed by atoms with Gasteiger partial charge in [-0.3, -0.25) is 0 Å². The number of aromatic nitrogens is 3. The molecule has 0 amide bonds. The summed E-state index contributed by atoms with van der Waals surface area (Å²) in [5.74, 6) is 2.18. The van der Waals surface area contributed by atoms with E-state index in [0.29, 0.717) is 28.8 Å². The van der Waals surface area contributed by atoms with Gasteiger partial charge in [0.05, 0.1) is 12.7 Å². The summed E-state index contributed by atoms with van der Waals surface area (Å²) in [4.78, 5) is 12.2. The number of hydrogen-bond donors (Lipinski definition) is 2. The van der Waals surface area contributed by atoms with Crippen LogP contribution in [0.15, 0.2) is 21.3 Å². The fourth-order valence-corrected chi connectivity index (χ4v) is 1.55. The van der Waals surface area contributed by atoms with Crippen molar-refractivity contribution in [2.45, 2.75) is 13.5 Å². The quantitative estimate of drug-likeness (QED) is 0.834. The summed E-state index contributed by atoms with van der Waals surface area (Å²) in [7, 11) is 0. The standard InChI is InChI=1S/C9H10BrN5O/c1-5-3-12-8(16-5)4-13-9-14-6(10)2-7(11)15-9/h2-3H,4H2,1H3,(H3,11,13,14,15). The molecule has 3 N–H and O–H groups in total. The van der Waals surface area contributed by atoms with Crippen molar-refractivity contribution in [2.24, 2.45) is 0 Å². The van der Waals surface area contributed by atoms with Crippen molar-refractivity contribution in [2.75, 3.05) is 11.1 Å². The Morgan fingerprint density at radius 3 is 2.94 bits per heavy atom. The molecule has 0 radical (unpaired) electrons. The van der Waals surface area contributed by atoms with Crippen LogP contribution in [0.4, 0.5) is 11.8 Å². The summed E-state index contributed by atoms with van der Waals surface area (Å²) >= 11 is 3.23. The molecule has 2 rings (SSSR count). The minimum Gasteiger partial charge on any atom is -0.444 e. The van der Waals surface area contributed by atoms with Crippen molar-refractivity contribution in [3.63, 3.8) is 0 Å². The average molecular weight is 284 g/mol. The van der Waals surface area contributed by atoms with Gasteiger partial charge >= 0.3 is 0 Å². The zero-order chi connectivity index (χ0) is 11.5. The summed E-state index contributed by atoms with van der Waals surface area (Å²) in [6, 6.07) is 1.63. The first kappa shape index (κ1) is 10.9. The van der Waals surface area contributed by atoms with Crippen LogP contribution < -0.4 is 11.1 Å². The van der Waals surface area contributed by atoms with E-state index in [1.807, 2.05) is 6.92 Å². The van der Waals surface area contributed by atoms with Gasteiger partial charge in [0, 0.05) is 6.07 Å². The highest BCUT2D eigenvalue weighted by Crippen LogP contribution is 2.13. The Morgan fingerprint density at radius 1 is 1.50 bits per heavy atom. The van der Waals surface area contributed by atoms with Gasteiger partial charge in [0.15, 0.2) is 0 Å². The molecule has 2 aromatic rings. The molecule has 0 aromatic carbocycles. The lowest BCUT2D eigenvalue weighted by molar-refractivity contribution is 0.478. The molecule has 6 nitrogen and oxygen atoms in total. The van der Waals surface area contributed by atoms with Crippen LogP contribution in [0.1, 0.15) is 11.7 Å². The van der Waals surface area contributed by atoms with Gasteiger partial charge < -0.3 is 15.5 Å². The zero-order valence-electron chi connectivity index (χ0n) is 8.57. The molecule has 0 aliphatic rings. The van der Waals surface area contributed by atoms with Gasteiger partial charge in [0.2, 0.25) is 11.8 Å². The van der Waals surface area contributed by atoms with Gasteiger partial charge in [0.1, 0.15) is 16.2 Å². The fraction of sp³-hybridized carbons (Fsp3) is 0.222. The highest BCUT2D eigenvalue weighted by Gasteiger charge is 2.03. The third kappa shape index (κ3) is 2.69. The van der Waals surface area contributed by atoms with E-state index >= 15 is 0 Å². The zero-order valence-corrected chi connectivity index (χ0v) is 10.2. The van der Waals surface area contributed by atoms with Gasteiger partial charge in [-0.25, -0.2) is 9.97 Å². The maximum atomic E-state index is 5.57. The second kappa shape index (κ2) is 4.48. The number of nitrogens with two attached hydrogens (primary N) is 1. The molecule has 0 spiro atoms. The molecule has 2 aromatic heterocycles. The van der Waals surface area contributed by atoms with Gasteiger partial charge in [-0.1, -0.05) is 0 Å². The van der Waals surface area contributed by atoms with Crippen LogP contribution >= 0.6 is 15.9 Å². The molecular formula is C9H10BrN5O. The highest BCUT2D eigenvalue weighted by atomic mass is 79.9. The molecule has 2 heterocycles. The van der Waals surface area contributed by atoms with Gasteiger partial charge in [-0.05, 0) is 22.9 Å². The number of halogens is 1. The predicted octanol–water partition coefficient (Wildman–Crippen LogP) is 1.73. The van der Waals surface area contributed by atoms with Crippen LogP contribution in [0, 0.1) is 6.92 Å². The molecule has 0 fully saturated rings. The Labute approximate surface area is 100 Å². The van der Waals surface area contributed by atoms with Crippen LogP contribution in [0.3, 0.4) is 0 Å².